The lowest BCUT2D eigenvalue weighted by Crippen LogP contribution is -2.37. The fourth-order valence-corrected chi connectivity index (χ4v) is 1.03. The van der Waals surface area contributed by atoms with E-state index in [9.17, 15) is 0 Å². The van der Waals surface area contributed by atoms with Gasteiger partial charge < -0.3 is 10.6 Å². The Balaban J connectivity index is 3.86. The van der Waals surface area contributed by atoms with Crippen molar-refractivity contribution in [1.29, 1.82) is 0 Å². The molecule has 0 rings (SSSR count). The minimum Gasteiger partial charge on any atom is -0.357 e. The van der Waals surface area contributed by atoms with E-state index in [1.807, 2.05) is 11.8 Å². The van der Waals surface area contributed by atoms with E-state index in [-0.39, 0.29) is 0 Å². The Kier molecular flexibility index (Phi) is 7.99. The summed E-state index contributed by atoms with van der Waals surface area (Å²) in [6.45, 7) is 9.04. The zero-order valence-corrected chi connectivity index (χ0v) is 9.87. The molecule has 0 radical (unpaired) electrons. The molecule has 0 aliphatic carbocycles. The molecule has 0 spiro atoms. The van der Waals surface area contributed by atoms with Crippen LogP contribution in [0.3, 0.4) is 0 Å². The Morgan fingerprint density at radius 3 is 2.23 bits per heavy atom. The quantitative estimate of drug-likeness (QED) is 0.522. The fraction of sp³-hybridized carbons (Fsp3) is 0.889. The van der Waals surface area contributed by atoms with Gasteiger partial charge in [0.25, 0.3) is 0 Å². The van der Waals surface area contributed by atoms with Gasteiger partial charge in [-0.15, -0.1) is 0 Å². The number of hydrogen-bond acceptors (Lipinski definition) is 2. The summed E-state index contributed by atoms with van der Waals surface area (Å²) in [6.07, 6.45) is 2.11. The van der Waals surface area contributed by atoms with Crippen LogP contribution in [0.5, 0.6) is 0 Å². The molecule has 0 bridgehead atoms. The molecule has 0 amide bonds. The summed E-state index contributed by atoms with van der Waals surface area (Å²) in [4.78, 5) is 4.45. The van der Waals surface area contributed by atoms with Crippen LogP contribution in [0.4, 0.5) is 0 Å². The van der Waals surface area contributed by atoms with Gasteiger partial charge in [0.1, 0.15) is 0 Å². The van der Waals surface area contributed by atoms with Gasteiger partial charge in [-0.25, -0.2) is 0 Å². The molecule has 0 aliphatic heterocycles. The normalized spacial score (nSPS) is 12.0. The van der Waals surface area contributed by atoms with E-state index in [1.54, 1.807) is 0 Å². The number of nitrogens with one attached hydrogen (secondary N) is 2. The molecule has 0 heterocycles. The van der Waals surface area contributed by atoms with Crippen molar-refractivity contribution in [2.75, 3.05) is 25.9 Å². The smallest absolute Gasteiger partial charge is 0.191 e. The fourth-order valence-electron chi connectivity index (χ4n) is 0.804. The predicted molar refractivity (Wildman–Crippen MR) is 62.6 cm³/mol. The van der Waals surface area contributed by atoms with Gasteiger partial charge in [-0.2, -0.15) is 11.8 Å². The van der Waals surface area contributed by atoms with Gasteiger partial charge in [0, 0.05) is 18.3 Å². The molecule has 0 aromatic heterocycles. The molecule has 0 aliphatic rings. The van der Waals surface area contributed by atoms with E-state index in [2.05, 4.69) is 42.7 Å². The Labute approximate surface area is 85.8 Å². The third kappa shape index (κ3) is 6.75. The molecule has 3 nitrogen and oxygen atoms in total. The minimum absolute atomic E-state index is 0.590. The van der Waals surface area contributed by atoms with E-state index >= 15 is 0 Å². The largest absolute Gasteiger partial charge is 0.357 e. The highest BCUT2D eigenvalue weighted by molar-refractivity contribution is 7.99. The lowest BCUT2D eigenvalue weighted by molar-refractivity contribution is 0.831. The predicted octanol–water partition coefficient (Wildman–Crippen LogP) is 1.31. The highest BCUT2D eigenvalue weighted by atomic mass is 32.2. The van der Waals surface area contributed by atoms with Gasteiger partial charge in [-0.05, 0) is 20.1 Å². The van der Waals surface area contributed by atoms with Crippen LogP contribution in [-0.4, -0.2) is 37.1 Å². The molecule has 0 aromatic carbocycles. The number of rotatable bonds is 5. The second-order valence-corrected chi connectivity index (χ2v) is 4.07. The van der Waals surface area contributed by atoms with Crippen molar-refractivity contribution in [3.8, 4) is 0 Å². The van der Waals surface area contributed by atoms with Crippen molar-refractivity contribution in [2.45, 2.75) is 26.0 Å². The molecular formula is C9H21N3S. The van der Waals surface area contributed by atoms with Gasteiger partial charge in [0.15, 0.2) is 5.96 Å². The highest BCUT2D eigenvalue weighted by Crippen LogP contribution is 2.04. The zero-order valence-electron chi connectivity index (χ0n) is 9.05. The Hall–Kier alpha value is -0.380. The minimum atomic E-state index is 0.590. The van der Waals surface area contributed by atoms with Gasteiger partial charge >= 0.3 is 0 Å². The topological polar surface area (TPSA) is 36.4 Å². The van der Waals surface area contributed by atoms with Gasteiger partial charge in [0.2, 0.25) is 0 Å². The van der Waals surface area contributed by atoms with E-state index in [4.69, 9.17) is 0 Å². The molecule has 0 fully saturated rings. The second kappa shape index (κ2) is 8.23. The van der Waals surface area contributed by atoms with Crippen molar-refractivity contribution in [1.82, 2.24) is 10.6 Å². The number of nitrogens with zero attached hydrogens (tertiary/aromatic N) is 1. The Morgan fingerprint density at radius 2 is 1.85 bits per heavy atom. The molecule has 0 saturated carbocycles. The van der Waals surface area contributed by atoms with E-state index < -0.39 is 0 Å². The molecule has 78 valence electrons. The highest BCUT2D eigenvalue weighted by Gasteiger charge is 1.98. The molecule has 0 saturated heterocycles. The molecule has 1 atom stereocenters. The second-order valence-electron chi connectivity index (χ2n) is 2.80. The molecule has 0 aromatic rings. The van der Waals surface area contributed by atoms with Crippen molar-refractivity contribution in [2.24, 2.45) is 4.99 Å². The first-order valence-electron chi connectivity index (χ1n) is 4.79. The lowest BCUT2D eigenvalue weighted by atomic mass is 10.5. The van der Waals surface area contributed by atoms with E-state index in [1.165, 1.54) is 0 Å². The summed E-state index contributed by atoms with van der Waals surface area (Å²) < 4.78 is 0. The van der Waals surface area contributed by atoms with Gasteiger partial charge in [0.05, 0.1) is 6.54 Å². The SMILES string of the molecule is CCNC(=NC[C@H](C)SC)NCC. The van der Waals surface area contributed by atoms with E-state index in [0.29, 0.717) is 5.25 Å². The van der Waals surface area contributed by atoms with Crippen LogP contribution in [0.15, 0.2) is 4.99 Å². The van der Waals surface area contributed by atoms with Crippen molar-refractivity contribution < 1.29 is 0 Å². The molecule has 2 N–H and O–H groups in total. The van der Waals surface area contributed by atoms with Crippen LogP contribution in [0.1, 0.15) is 20.8 Å². The maximum Gasteiger partial charge on any atom is 0.191 e. The molecular weight excluding hydrogens is 182 g/mol. The summed E-state index contributed by atoms with van der Waals surface area (Å²) in [5.74, 6) is 0.922. The van der Waals surface area contributed by atoms with Crippen LogP contribution in [0.2, 0.25) is 0 Å². The maximum atomic E-state index is 4.45. The summed E-state index contributed by atoms with van der Waals surface area (Å²) >= 11 is 1.84. The van der Waals surface area contributed by atoms with Crippen LogP contribution in [-0.2, 0) is 0 Å². The average molecular weight is 203 g/mol. The third-order valence-electron chi connectivity index (χ3n) is 1.60. The lowest BCUT2D eigenvalue weighted by Gasteiger charge is -2.10. The molecule has 4 heteroatoms. The Morgan fingerprint density at radius 1 is 1.31 bits per heavy atom. The van der Waals surface area contributed by atoms with Crippen LogP contribution in [0.25, 0.3) is 0 Å². The monoisotopic (exact) mass is 203 g/mol. The molecule has 0 unspecified atom stereocenters. The standard InChI is InChI=1S/C9H21N3S/c1-5-10-9(11-6-2)12-7-8(3)13-4/h8H,5-7H2,1-4H3,(H2,10,11,12)/t8-/m0/s1. The average Bonchev–Trinajstić information content (AvgIpc) is 2.14. The van der Waals surface area contributed by atoms with Crippen LogP contribution >= 0.6 is 11.8 Å². The van der Waals surface area contributed by atoms with Gasteiger partial charge in [-0.3, -0.25) is 4.99 Å². The Bertz CT molecular complexity index is 140. The first-order valence-corrected chi connectivity index (χ1v) is 6.08. The molecule has 13 heavy (non-hydrogen) atoms. The summed E-state index contributed by atoms with van der Waals surface area (Å²) in [5, 5.41) is 6.98. The summed E-state index contributed by atoms with van der Waals surface area (Å²) in [7, 11) is 0. The van der Waals surface area contributed by atoms with E-state index in [0.717, 1.165) is 25.6 Å². The first kappa shape index (κ1) is 12.6. The van der Waals surface area contributed by atoms with Crippen LogP contribution in [0, 0.1) is 0 Å². The number of aliphatic imine (C=N–C) groups is 1. The van der Waals surface area contributed by atoms with Crippen molar-refractivity contribution in [3.63, 3.8) is 0 Å². The summed E-state index contributed by atoms with van der Waals surface area (Å²) in [5.41, 5.74) is 0. The third-order valence-corrected chi connectivity index (χ3v) is 2.55. The van der Waals surface area contributed by atoms with Crippen molar-refractivity contribution in [3.05, 3.63) is 0 Å². The number of thioether (sulfide) groups is 1. The number of hydrogen-bond donors (Lipinski definition) is 2. The zero-order chi connectivity index (χ0) is 10.1. The first-order chi connectivity index (χ1) is 6.24. The van der Waals surface area contributed by atoms with Gasteiger partial charge in [-0.1, -0.05) is 6.92 Å². The summed E-state index contributed by atoms with van der Waals surface area (Å²) in [6, 6.07) is 0. The maximum absolute atomic E-state index is 4.45. The number of guanidine groups is 1. The van der Waals surface area contributed by atoms with Crippen LogP contribution < -0.4 is 10.6 Å². The van der Waals surface area contributed by atoms with Crippen molar-refractivity contribution >= 4 is 17.7 Å².